The van der Waals surface area contributed by atoms with E-state index in [1.54, 1.807) is 13.2 Å². The maximum Gasteiger partial charge on any atom is 0.340 e. The Kier molecular flexibility index (Phi) is 5.59. The van der Waals surface area contributed by atoms with Crippen LogP contribution in [-0.2, 0) is 16.0 Å². The van der Waals surface area contributed by atoms with Crippen LogP contribution in [0.5, 0.6) is 0 Å². The summed E-state index contributed by atoms with van der Waals surface area (Å²) in [6.45, 7) is 3.60. The summed E-state index contributed by atoms with van der Waals surface area (Å²) in [7, 11) is 3.14. The molecule has 2 rings (SSSR count). The highest BCUT2D eigenvalue weighted by atomic mass is 16.5. The number of hydrogen-bond donors (Lipinski definition) is 1. The highest BCUT2D eigenvalue weighted by Crippen LogP contribution is 2.23. The van der Waals surface area contributed by atoms with Gasteiger partial charge in [0.1, 0.15) is 0 Å². The summed E-state index contributed by atoms with van der Waals surface area (Å²) in [5.41, 5.74) is 7.85. The molecular weight excluding hydrogens is 268 g/mol. The highest BCUT2D eigenvalue weighted by Gasteiger charge is 2.22. The number of carbonyl (C=O) groups excluding carboxylic acids is 1. The van der Waals surface area contributed by atoms with E-state index in [9.17, 15) is 4.79 Å². The molecule has 1 aliphatic heterocycles. The molecule has 2 N–H and O–H groups in total. The lowest BCUT2D eigenvalue weighted by Gasteiger charge is -2.32. The second-order valence-corrected chi connectivity index (χ2v) is 5.55. The lowest BCUT2D eigenvalue weighted by Crippen LogP contribution is -2.35. The van der Waals surface area contributed by atoms with Gasteiger partial charge in [-0.05, 0) is 43.5 Å². The number of piperidine rings is 1. The average molecular weight is 292 g/mol. The minimum Gasteiger partial charge on any atom is -0.465 e. The van der Waals surface area contributed by atoms with Crippen molar-refractivity contribution in [3.05, 3.63) is 29.3 Å². The van der Waals surface area contributed by atoms with Gasteiger partial charge in [0.2, 0.25) is 0 Å². The quantitative estimate of drug-likeness (QED) is 0.663. The zero-order valence-electron chi connectivity index (χ0n) is 12.8. The molecule has 1 fully saturated rings. The van der Waals surface area contributed by atoms with Crippen molar-refractivity contribution in [3.63, 3.8) is 0 Å². The molecule has 0 radical (unpaired) electrons. The molecule has 0 atom stereocenters. The van der Waals surface area contributed by atoms with Crippen LogP contribution in [0.15, 0.2) is 18.2 Å². The molecule has 0 bridgehead atoms. The van der Waals surface area contributed by atoms with Crippen LogP contribution >= 0.6 is 0 Å². The maximum atomic E-state index is 11.9. The first-order valence-corrected chi connectivity index (χ1v) is 7.32. The number of ether oxygens (including phenoxy) is 2. The summed E-state index contributed by atoms with van der Waals surface area (Å²) >= 11 is 0. The minimum absolute atomic E-state index is 0.364. The van der Waals surface area contributed by atoms with Crippen LogP contribution in [-0.4, -0.2) is 44.8 Å². The fourth-order valence-electron chi connectivity index (χ4n) is 2.89. The largest absolute Gasteiger partial charge is 0.465 e. The zero-order chi connectivity index (χ0) is 15.2. The monoisotopic (exact) mass is 292 g/mol. The van der Waals surface area contributed by atoms with Gasteiger partial charge < -0.3 is 15.2 Å². The molecule has 0 spiro atoms. The summed E-state index contributed by atoms with van der Waals surface area (Å²) < 4.78 is 10.1. The molecule has 116 valence electrons. The van der Waals surface area contributed by atoms with Crippen molar-refractivity contribution in [2.75, 3.05) is 39.6 Å². The van der Waals surface area contributed by atoms with Crippen LogP contribution in [0.25, 0.3) is 0 Å². The lowest BCUT2D eigenvalue weighted by atomic mass is 9.96. The van der Waals surface area contributed by atoms with Gasteiger partial charge in [-0.2, -0.15) is 0 Å². The highest BCUT2D eigenvalue weighted by molar-refractivity contribution is 5.96. The molecule has 0 unspecified atom stereocenters. The lowest BCUT2D eigenvalue weighted by molar-refractivity contribution is 0.0598. The van der Waals surface area contributed by atoms with Crippen LogP contribution in [0.2, 0.25) is 0 Å². The van der Waals surface area contributed by atoms with E-state index in [0.29, 0.717) is 17.2 Å². The first-order chi connectivity index (χ1) is 10.2. The maximum absolute atomic E-state index is 11.9. The van der Waals surface area contributed by atoms with E-state index in [0.717, 1.165) is 44.6 Å². The molecule has 21 heavy (non-hydrogen) atoms. The van der Waals surface area contributed by atoms with Crippen LogP contribution in [0, 0.1) is 5.92 Å². The Morgan fingerprint density at radius 1 is 1.33 bits per heavy atom. The van der Waals surface area contributed by atoms with Gasteiger partial charge in [0.25, 0.3) is 0 Å². The van der Waals surface area contributed by atoms with Crippen molar-refractivity contribution in [1.82, 2.24) is 4.90 Å². The van der Waals surface area contributed by atoms with E-state index in [2.05, 4.69) is 4.90 Å². The van der Waals surface area contributed by atoms with Gasteiger partial charge in [0.15, 0.2) is 0 Å². The second kappa shape index (κ2) is 7.43. The summed E-state index contributed by atoms with van der Waals surface area (Å²) in [6.07, 6.45) is 2.26. The third-order valence-corrected chi connectivity index (χ3v) is 4.08. The van der Waals surface area contributed by atoms with Crippen molar-refractivity contribution in [1.29, 1.82) is 0 Å². The molecule has 0 aromatic heterocycles. The minimum atomic E-state index is -0.364. The van der Waals surface area contributed by atoms with E-state index in [-0.39, 0.29) is 5.97 Å². The zero-order valence-corrected chi connectivity index (χ0v) is 12.8. The topological polar surface area (TPSA) is 64.8 Å². The Morgan fingerprint density at radius 3 is 2.67 bits per heavy atom. The number of hydrogen-bond acceptors (Lipinski definition) is 5. The number of nitrogen functional groups attached to an aromatic ring is 1. The molecule has 5 heteroatoms. The fourth-order valence-corrected chi connectivity index (χ4v) is 2.89. The Bertz CT molecular complexity index is 482. The fraction of sp³-hybridized carbons (Fsp3) is 0.562. The van der Waals surface area contributed by atoms with Gasteiger partial charge in [0, 0.05) is 25.9 Å². The van der Waals surface area contributed by atoms with E-state index in [4.69, 9.17) is 15.2 Å². The van der Waals surface area contributed by atoms with Crippen LogP contribution in [0.1, 0.15) is 28.8 Å². The summed E-state index contributed by atoms with van der Waals surface area (Å²) in [6, 6.07) is 5.57. The van der Waals surface area contributed by atoms with Gasteiger partial charge >= 0.3 is 5.97 Å². The molecule has 0 aliphatic carbocycles. The molecule has 0 saturated carbocycles. The third kappa shape index (κ3) is 3.95. The molecule has 1 aromatic carbocycles. The molecule has 1 aromatic rings. The number of benzene rings is 1. The van der Waals surface area contributed by atoms with Crippen molar-refractivity contribution in [2.24, 2.45) is 5.92 Å². The van der Waals surface area contributed by atoms with Crippen LogP contribution in [0.4, 0.5) is 5.69 Å². The Hall–Kier alpha value is -1.59. The second-order valence-electron chi connectivity index (χ2n) is 5.55. The van der Waals surface area contributed by atoms with Crippen molar-refractivity contribution in [3.8, 4) is 0 Å². The molecule has 1 heterocycles. The molecule has 1 saturated heterocycles. The predicted molar refractivity (Wildman–Crippen MR) is 82.1 cm³/mol. The van der Waals surface area contributed by atoms with E-state index in [1.165, 1.54) is 7.11 Å². The first-order valence-electron chi connectivity index (χ1n) is 7.32. The smallest absolute Gasteiger partial charge is 0.340 e. The third-order valence-electron chi connectivity index (χ3n) is 4.08. The molecule has 5 nitrogen and oxygen atoms in total. The number of methoxy groups -OCH3 is 2. The first kappa shape index (κ1) is 15.8. The Balaban J connectivity index is 2.04. The van der Waals surface area contributed by atoms with Crippen molar-refractivity contribution >= 4 is 11.7 Å². The number of rotatable bonds is 5. The van der Waals surface area contributed by atoms with Gasteiger partial charge in [-0.3, -0.25) is 4.90 Å². The number of anilines is 1. The Morgan fingerprint density at radius 2 is 2.05 bits per heavy atom. The van der Waals surface area contributed by atoms with Crippen molar-refractivity contribution in [2.45, 2.75) is 19.4 Å². The van der Waals surface area contributed by atoms with Crippen molar-refractivity contribution < 1.29 is 14.3 Å². The average Bonchev–Trinajstić information content (AvgIpc) is 2.49. The molecule has 1 aliphatic rings. The van der Waals surface area contributed by atoms with Gasteiger partial charge in [-0.25, -0.2) is 4.79 Å². The summed E-state index contributed by atoms with van der Waals surface area (Å²) in [5.74, 6) is 0.282. The SMILES string of the molecule is COCC1CCN(Cc2cccc(N)c2C(=O)OC)CC1. The van der Waals surface area contributed by atoms with E-state index in [1.807, 2.05) is 12.1 Å². The summed E-state index contributed by atoms with van der Waals surface area (Å²) in [5, 5.41) is 0. The van der Waals surface area contributed by atoms with Gasteiger partial charge in [-0.15, -0.1) is 0 Å². The number of likely N-dealkylation sites (tertiary alicyclic amines) is 1. The normalized spacial score (nSPS) is 16.9. The predicted octanol–water partition coefficient (Wildman–Crippen LogP) is 1.91. The molecular formula is C16H24N2O3. The number of esters is 1. The van der Waals surface area contributed by atoms with E-state index < -0.39 is 0 Å². The van der Waals surface area contributed by atoms with Crippen LogP contribution < -0.4 is 5.73 Å². The number of nitrogens with two attached hydrogens (primary N) is 1. The van der Waals surface area contributed by atoms with Crippen LogP contribution in [0.3, 0.4) is 0 Å². The van der Waals surface area contributed by atoms with Gasteiger partial charge in [0.05, 0.1) is 12.7 Å². The number of nitrogens with zero attached hydrogens (tertiary/aromatic N) is 1. The van der Waals surface area contributed by atoms with E-state index >= 15 is 0 Å². The standard InChI is InChI=1S/C16H24N2O3/c1-20-11-12-6-8-18(9-7-12)10-13-4-3-5-14(17)15(13)16(19)21-2/h3-5,12H,6-11,17H2,1-2H3. The molecule has 0 amide bonds. The number of carbonyl (C=O) groups is 1. The Labute approximate surface area is 126 Å². The van der Waals surface area contributed by atoms with Gasteiger partial charge in [-0.1, -0.05) is 12.1 Å². The summed E-state index contributed by atoms with van der Waals surface area (Å²) in [4.78, 5) is 14.3.